The Labute approximate surface area is 155 Å². The third-order valence-electron chi connectivity index (χ3n) is 4.99. The summed E-state index contributed by atoms with van der Waals surface area (Å²) in [7, 11) is 0. The Kier molecular flexibility index (Phi) is 4.59. The molecule has 1 aromatic carbocycles. The van der Waals surface area contributed by atoms with Crippen LogP contribution in [0.2, 0.25) is 0 Å². The molecule has 1 aliphatic carbocycles. The number of rotatable bonds is 4. The van der Waals surface area contributed by atoms with Gasteiger partial charge < -0.3 is 5.32 Å². The SMILES string of the molecule is Cc1ccccc1CCNC(=O)c1cnc2sc3c(n2c1=O)CCCC3. The lowest BCUT2D eigenvalue weighted by molar-refractivity contribution is 0.0952. The highest BCUT2D eigenvalue weighted by atomic mass is 32.1. The van der Waals surface area contributed by atoms with Crippen LogP contribution in [-0.4, -0.2) is 21.8 Å². The van der Waals surface area contributed by atoms with Gasteiger partial charge in [0.1, 0.15) is 5.56 Å². The molecule has 2 heterocycles. The Hall–Kier alpha value is -2.47. The van der Waals surface area contributed by atoms with Crippen LogP contribution < -0.4 is 10.9 Å². The van der Waals surface area contributed by atoms with Crippen molar-refractivity contribution in [2.45, 2.75) is 39.0 Å². The van der Waals surface area contributed by atoms with E-state index in [1.807, 2.05) is 12.1 Å². The Morgan fingerprint density at radius 1 is 1.27 bits per heavy atom. The van der Waals surface area contributed by atoms with E-state index in [-0.39, 0.29) is 17.0 Å². The van der Waals surface area contributed by atoms with Gasteiger partial charge in [0.05, 0.1) is 0 Å². The second-order valence-electron chi connectivity index (χ2n) is 6.71. The maximum atomic E-state index is 12.9. The zero-order chi connectivity index (χ0) is 18.1. The summed E-state index contributed by atoms with van der Waals surface area (Å²) in [5.74, 6) is -0.346. The van der Waals surface area contributed by atoms with Gasteiger partial charge in [-0.05, 0) is 50.2 Å². The number of thiazole rings is 1. The van der Waals surface area contributed by atoms with Gasteiger partial charge in [0.2, 0.25) is 0 Å². The van der Waals surface area contributed by atoms with E-state index in [1.54, 1.807) is 15.7 Å². The predicted molar refractivity (Wildman–Crippen MR) is 103 cm³/mol. The second kappa shape index (κ2) is 7.03. The molecule has 1 amide bonds. The number of amides is 1. The van der Waals surface area contributed by atoms with Gasteiger partial charge in [-0.1, -0.05) is 24.3 Å². The van der Waals surface area contributed by atoms with Crippen molar-refractivity contribution < 1.29 is 4.79 Å². The fourth-order valence-electron chi connectivity index (χ4n) is 3.52. The first-order valence-corrected chi connectivity index (χ1v) is 9.82. The van der Waals surface area contributed by atoms with Crippen molar-refractivity contribution in [2.24, 2.45) is 0 Å². The van der Waals surface area contributed by atoms with E-state index < -0.39 is 0 Å². The fourth-order valence-corrected chi connectivity index (χ4v) is 4.69. The first kappa shape index (κ1) is 17.0. The van der Waals surface area contributed by atoms with E-state index in [0.717, 1.165) is 37.8 Å². The standard InChI is InChI=1S/C20H21N3O2S/c1-13-6-2-3-7-14(13)10-11-21-18(24)15-12-22-20-23(19(15)25)16-8-4-5-9-17(16)26-20/h2-3,6-7,12H,4-5,8-11H2,1H3,(H,21,24). The highest BCUT2D eigenvalue weighted by molar-refractivity contribution is 7.17. The normalized spacial score (nSPS) is 13.6. The molecule has 3 aromatic rings. The summed E-state index contributed by atoms with van der Waals surface area (Å²) in [5.41, 5.74) is 3.32. The molecule has 0 radical (unpaired) electrons. The van der Waals surface area contributed by atoms with Crippen molar-refractivity contribution in [3.8, 4) is 0 Å². The Balaban J connectivity index is 1.54. The minimum Gasteiger partial charge on any atom is -0.351 e. The lowest BCUT2D eigenvalue weighted by atomic mass is 10.0. The molecular formula is C20H21N3O2S. The van der Waals surface area contributed by atoms with Crippen LogP contribution in [0.5, 0.6) is 0 Å². The van der Waals surface area contributed by atoms with Crippen molar-refractivity contribution in [2.75, 3.05) is 6.54 Å². The molecule has 0 saturated carbocycles. The molecule has 0 unspecified atom stereocenters. The molecule has 0 saturated heterocycles. The summed E-state index contributed by atoms with van der Waals surface area (Å²) >= 11 is 1.57. The lowest BCUT2D eigenvalue weighted by Crippen LogP contribution is -2.33. The minimum atomic E-state index is -0.346. The number of carbonyl (C=O) groups is 1. The number of benzene rings is 1. The van der Waals surface area contributed by atoms with Gasteiger partial charge in [-0.25, -0.2) is 4.98 Å². The zero-order valence-corrected chi connectivity index (χ0v) is 15.6. The first-order valence-electron chi connectivity index (χ1n) is 9.00. The third-order valence-corrected chi connectivity index (χ3v) is 6.15. The quantitative estimate of drug-likeness (QED) is 0.771. The predicted octanol–water partition coefficient (Wildman–Crippen LogP) is 2.92. The number of fused-ring (bicyclic) bond motifs is 3. The van der Waals surface area contributed by atoms with Crippen LogP contribution in [0, 0.1) is 6.92 Å². The van der Waals surface area contributed by atoms with Crippen LogP contribution in [0.3, 0.4) is 0 Å². The average Bonchev–Trinajstić information content (AvgIpc) is 3.03. The van der Waals surface area contributed by atoms with Gasteiger partial charge in [0.15, 0.2) is 4.96 Å². The van der Waals surface area contributed by atoms with E-state index >= 15 is 0 Å². The van der Waals surface area contributed by atoms with Gasteiger partial charge in [-0.2, -0.15) is 0 Å². The van der Waals surface area contributed by atoms with Gasteiger partial charge >= 0.3 is 0 Å². The first-order chi connectivity index (χ1) is 12.6. The summed E-state index contributed by atoms with van der Waals surface area (Å²) < 4.78 is 1.65. The molecule has 4 rings (SSSR count). The fraction of sp³-hybridized carbons (Fsp3) is 0.350. The molecular weight excluding hydrogens is 346 g/mol. The molecule has 134 valence electrons. The summed E-state index contributed by atoms with van der Waals surface area (Å²) in [6, 6.07) is 8.11. The van der Waals surface area contributed by atoms with E-state index in [4.69, 9.17) is 0 Å². The number of hydrogen-bond donors (Lipinski definition) is 1. The summed E-state index contributed by atoms with van der Waals surface area (Å²) in [5, 5.41) is 2.86. The van der Waals surface area contributed by atoms with E-state index in [1.165, 1.54) is 22.2 Å². The van der Waals surface area contributed by atoms with E-state index in [9.17, 15) is 9.59 Å². The number of nitrogens with zero attached hydrogens (tertiary/aromatic N) is 2. The van der Waals surface area contributed by atoms with Gasteiger partial charge in [0, 0.05) is 23.3 Å². The number of aromatic nitrogens is 2. The second-order valence-corrected chi connectivity index (χ2v) is 7.77. The van der Waals surface area contributed by atoms with Crippen LogP contribution in [0.1, 0.15) is 44.9 Å². The van der Waals surface area contributed by atoms with Crippen LogP contribution in [0.15, 0.2) is 35.3 Å². The number of hydrogen-bond acceptors (Lipinski definition) is 4. The largest absolute Gasteiger partial charge is 0.351 e. The average molecular weight is 367 g/mol. The van der Waals surface area contributed by atoms with Gasteiger partial charge in [0.25, 0.3) is 11.5 Å². The zero-order valence-electron chi connectivity index (χ0n) is 14.7. The molecule has 26 heavy (non-hydrogen) atoms. The summed E-state index contributed by atoms with van der Waals surface area (Å²) in [4.78, 5) is 31.7. The highest BCUT2D eigenvalue weighted by Crippen LogP contribution is 2.28. The maximum absolute atomic E-state index is 12.9. The van der Waals surface area contributed by atoms with Gasteiger partial charge in [-0.15, -0.1) is 11.3 Å². The van der Waals surface area contributed by atoms with Crippen molar-refractivity contribution in [3.63, 3.8) is 0 Å². The van der Waals surface area contributed by atoms with E-state index in [2.05, 4.69) is 29.4 Å². The lowest BCUT2D eigenvalue weighted by Gasteiger charge is -2.11. The molecule has 0 bridgehead atoms. The molecule has 0 atom stereocenters. The van der Waals surface area contributed by atoms with Crippen LogP contribution in [0.25, 0.3) is 4.96 Å². The monoisotopic (exact) mass is 367 g/mol. The molecule has 6 heteroatoms. The van der Waals surface area contributed by atoms with Crippen molar-refractivity contribution >= 4 is 22.2 Å². The number of carbonyl (C=O) groups excluding carboxylic acids is 1. The maximum Gasteiger partial charge on any atom is 0.271 e. The molecule has 0 spiro atoms. The van der Waals surface area contributed by atoms with E-state index in [0.29, 0.717) is 11.5 Å². The van der Waals surface area contributed by atoms with Crippen LogP contribution in [-0.2, 0) is 19.3 Å². The molecule has 5 nitrogen and oxygen atoms in total. The third kappa shape index (κ3) is 3.05. The smallest absolute Gasteiger partial charge is 0.271 e. The van der Waals surface area contributed by atoms with Crippen LogP contribution in [0.4, 0.5) is 0 Å². The Morgan fingerprint density at radius 3 is 2.92 bits per heavy atom. The summed E-state index contributed by atoms with van der Waals surface area (Å²) in [6.07, 6.45) is 6.28. The molecule has 2 aromatic heterocycles. The number of aryl methyl sites for hydroxylation is 3. The number of nitrogens with one attached hydrogen (secondary N) is 1. The van der Waals surface area contributed by atoms with Crippen molar-refractivity contribution in [1.82, 2.24) is 14.7 Å². The molecule has 0 fully saturated rings. The molecule has 1 aliphatic rings. The minimum absolute atomic E-state index is 0.124. The summed E-state index contributed by atoms with van der Waals surface area (Å²) in [6.45, 7) is 2.55. The Bertz CT molecular complexity index is 1040. The van der Waals surface area contributed by atoms with Crippen LogP contribution >= 0.6 is 11.3 Å². The van der Waals surface area contributed by atoms with Crippen molar-refractivity contribution in [3.05, 3.63) is 68.1 Å². The highest BCUT2D eigenvalue weighted by Gasteiger charge is 2.21. The Morgan fingerprint density at radius 2 is 2.08 bits per heavy atom. The molecule has 1 N–H and O–H groups in total. The molecule has 0 aliphatic heterocycles. The van der Waals surface area contributed by atoms with Gasteiger partial charge in [-0.3, -0.25) is 14.0 Å². The van der Waals surface area contributed by atoms with Crippen molar-refractivity contribution in [1.29, 1.82) is 0 Å². The topological polar surface area (TPSA) is 63.5 Å².